The highest BCUT2D eigenvalue weighted by atomic mass is 79.9. The summed E-state index contributed by atoms with van der Waals surface area (Å²) in [5.41, 5.74) is 8.70. The van der Waals surface area contributed by atoms with Crippen LogP contribution in [0.5, 0.6) is 5.75 Å². The van der Waals surface area contributed by atoms with Crippen molar-refractivity contribution in [1.82, 2.24) is 4.98 Å². The fourth-order valence-corrected chi connectivity index (χ4v) is 3.38. The highest BCUT2D eigenvalue weighted by Gasteiger charge is 2.10. The molecule has 0 unspecified atom stereocenters. The molecular weight excluding hydrogens is 336 g/mol. The van der Waals surface area contributed by atoms with Gasteiger partial charge in [0.1, 0.15) is 10.8 Å². The van der Waals surface area contributed by atoms with E-state index in [0.29, 0.717) is 6.61 Å². The minimum absolute atomic E-state index is 0.662. The second-order valence-corrected chi connectivity index (χ2v) is 6.26. The van der Waals surface area contributed by atoms with Crippen molar-refractivity contribution in [3.05, 3.63) is 40.9 Å². The van der Waals surface area contributed by atoms with Gasteiger partial charge in [-0.15, -0.1) is 11.3 Å². The van der Waals surface area contributed by atoms with Gasteiger partial charge >= 0.3 is 0 Å². The molecule has 0 bridgehead atoms. The van der Waals surface area contributed by atoms with Crippen LogP contribution in [0.1, 0.15) is 6.92 Å². The molecule has 0 atom stereocenters. The first-order valence-electron chi connectivity index (χ1n) is 6.26. The van der Waals surface area contributed by atoms with Gasteiger partial charge in [0.05, 0.1) is 16.8 Å². The van der Waals surface area contributed by atoms with Gasteiger partial charge in [-0.25, -0.2) is 4.98 Å². The lowest BCUT2D eigenvalue weighted by molar-refractivity contribution is 0.341. The van der Waals surface area contributed by atoms with Crippen LogP contribution in [0.3, 0.4) is 0 Å². The van der Waals surface area contributed by atoms with Crippen molar-refractivity contribution >= 4 is 43.2 Å². The van der Waals surface area contributed by atoms with E-state index in [9.17, 15) is 0 Å². The third-order valence-corrected chi connectivity index (χ3v) is 4.46. The molecule has 1 aromatic heterocycles. The van der Waals surface area contributed by atoms with E-state index in [1.165, 1.54) is 0 Å². The van der Waals surface area contributed by atoms with E-state index < -0.39 is 0 Å². The van der Waals surface area contributed by atoms with Gasteiger partial charge in [0, 0.05) is 15.7 Å². The minimum atomic E-state index is 0.662. The van der Waals surface area contributed by atoms with Gasteiger partial charge in [-0.3, -0.25) is 0 Å². The third kappa shape index (κ3) is 2.51. The van der Waals surface area contributed by atoms with Crippen molar-refractivity contribution in [2.45, 2.75) is 6.92 Å². The number of aromatic nitrogens is 1. The monoisotopic (exact) mass is 348 g/mol. The van der Waals surface area contributed by atoms with Crippen LogP contribution < -0.4 is 10.5 Å². The highest BCUT2D eigenvalue weighted by Crippen LogP contribution is 2.36. The average Bonchev–Trinajstić information content (AvgIpc) is 2.85. The summed E-state index contributed by atoms with van der Waals surface area (Å²) in [7, 11) is 0. The Labute approximate surface area is 129 Å². The standard InChI is InChI=1S/C15H13BrN2OS/c1-2-19-10-4-6-13-14(8-10)20-15(18-13)11-7-9(16)3-5-12(11)17/h3-8H,2,17H2,1H3. The molecule has 0 saturated carbocycles. The predicted octanol–water partition coefficient (Wildman–Crippen LogP) is 4.71. The molecular formula is C15H13BrN2OS. The van der Waals surface area contributed by atoms with E-state index in [1.54, 1.807) is 11.3 Å². The predicted molar refractivity (Wildman–Crippen MR) is 88.3 cm³/mol. The first-order chi connectivity index (χ1) is 9.67. The molecule has 1 heterocycles. The Balaban J connectivity index is 2.10. The zero-order chi connectivity index (χ0) is 14.1. The van der Waals surface area contributed by atoms with Crippen molar-refractivity contribution in [2.75, 3.05) is 12.3 Å². The first kappa shape index (κ1) is 13.4. The minimum Gasteiger partial charge on any atom is -0.494 e. The molecule has 0 saturated heterocycles. The van der Waals surface area contributed by atoms with Crippen LogP contribution in [0.15, 0.2) is 40.9 Å². The highest BCUT2D eigenvalue weighted by molar-refractivity contribution is 9.10. The maximum absolute atomic E-state index is 6.04. The van der Waals surface area contributed by atoms with E-state index in [1.807, 2.05) is 43.3 Å². The number of hydrogen-bond acceptors (Lipinski definition) is 4. The zero-order valence-electron chi connectivity index (χ0n) is 10.9. The molecule has 5 heteroatoms. The lowest BCUT2D eigenvalue weighted by Gasteiger charge is -2.01. The summed E-state index contributed by atoms with van der Waals surface area (Å²) < 4.78 is 7.62. The zero-order valence-corrected chi connectivity index (χ0v) is 13.3. The van der Waals surface area contributed by atoms with Crippen molar-refractivity contribution in [3.63, 3.8) is 0 Å². The molecule has 2 N–H and O–H groups in total. The van der Waals surface area contributed by atoms with Crippen molar-refractivity contribution in [1.29, 1.82) is 0 Å². The molecule has 2 aromatic carbocycles. The molecule has 0 amide bonds. The average molecular weight is 349 g/mol. The third-order valence-electron chi connectivity index (χ3n) is 2.92. The number of ether oxygens (including phenoxy) is 1. The van der Waals surface area contributed by atoms with Crippen LogP contribution in [-0.2, 0) is 0 Å². The number of halogens is 1. The summed E-state index contributed by atoms with van der Waals surface area (Å²) in [6, 6.07) is 11.8. The molecule has 0 aliphatic carbocycles. The number of nitrogens with two attached hydrogens (primary N) is 1. The van der Waals surface area contributed by atoms with Crippen molar-refractivity contribution in [3.8, 4) is 16.3 Å². The normalized spacial score (nSPS) is 10.9. The Morgan fingerprint density at radius 1 is 1.25 bits per heavy atom. The van der Waals surface area contributed by atoms with Gasteiger partial charge in [0.25, 0.3) is 0 Å². The Bertz CT molecular complexity index is 770. The molecule has 102 valence electrons. The first-order valence-corrected chi connectivity index (χ1v) is 7.87. The van der Waals surface area contributed by atoms with Gasteiger partial charge in [-0.2, -0.15) is 0 Å². The molecule has 0 aliphatic heterocycles. The summed E-state index contributed by atoms with van der Waals surface area (Å²) in [4.78, 5) is 4.65. The van der Waals surface area contributed by atoms with Gasteiger partial charge in [-0.1, -0.05) is 15.9 Å². The number of anilines is 1. The van der Waals surface area contributed by atoms with Gasteiger partial charge in [-0.05, 0) is 43.3 Å². The smallest absolute Gasteiger partial charge is 0.126 e. The summed E-state index contributed by atoms with van der Waals surface area (Å²) in [5, 5.41) is 0.924. The molecule has 0 radical (unpaired) electrons. The van der Waals surface area contributed by atoms with Gasteiger partial charge in [0.2, 0.25) is 0 Å². The number of rotatable bonds is 3. The van der Waals surface area contributed by atoms with Crippen LogP contribution in [0.2, 0.25) is 0 Å². The number of benzene rings is 2. The number of nitrogen functional groups attached to an aromatic ring is 1. The quantitative estimate of drug-likeness (QED) is 0.697. The largest absolute Gasteiger partial charge is 0.494 e. The van der Waals surface area contributed by atoms with Gasteiger partial charge < -0.3 is 10.5 Å². The van der Waals surface area contributed by atoms with Crippen LogP contribution >= 0.6 is 27.3 Å². The van der Waals surface area contributed by atoms with Crippen molar-refractivity contribution in [2.24, 2.45) is 0 Å². The molecule has 3 rings (SSSR count). The maximum atomic E-state index is 6.04. The lowest BCUT2D eigenvalue weighted by atomic mass is 10.2. The summed E-state index contributed by atoms with van der Waals surface area (Å²) >= 11 is 5.09. The Morgan fingerprint density at radius 2 is 2.10 bits per heavy atom. The van der Waals surface area contributed by atoms with Crippen LogP contribution in [-0.4, -0.2) is 11.6 Å². The lowest BCUT2D eigenvalue weighted by Crippen LogP contribution is -1.90. The SMILES string of the molecule is CCOc1ccc2nc(-c3cc(Br)ccc3N)sc2c1. The molecule has 0 aliphatic rings. The van der Waals surface area contributed by atoms with Crippen LogP contribution in [0.25, 0.3) is 20.8 Å². The van der Waals surface area contributed by atoms with Gasteiger partial charge in [0.15, 0.2) is 0 Å². The van der Waals surface area contributed by atoms with Crippen LogP contribution in [0.4, 0.5) is 5.69 Å². The van der Waals surface area contributed by atoms with Crippen LogP contribution in [0, 0.1) is 0 Å². The Kier molecular flexibility index (Phi) is 3.63. The Hall–Kier alpha value is -1.59. The second-order valence-electron chi connectivity index (χ2n) is 4.31. The molecule has 3 nitrogen and oxygen atoms in total. The van der Waals surface area contributed by atoms with E-state index in [0.717, 1.165) is 36.7 Å². The van der Waals surface area contributed by atoms with Crippen molar-refractivity contribution < 1.29 is 4.74 Å². The fourth-order valence-electron chi connectivity index (χ4n) is 1.99. The number of hydrogen-bond donors (Lipinski definition) is 1. The Morgan fingerprint density at radius 3 is 2.90 bits per heavy atom. The summed E-state index contributed by atoms with van der Waals surface area (Å²) in [5.74, 6) is 0.873. The number of thiazole rings is 1. The van der Waals surface area contributed by atoms with E-state index in [-0.39, 0.29) is 0 Å². The number of fused-ring (bicyclic) bond motifs is 1. The topological polar surface area (TPSA) is 48.1 Å². The molecule has 3 aromatic rings. The van der Waals surface area contributed by atoms with E-state index in [4.69, 9.17) is 10.5 Å². The molecule has 0 fully saturated rings. The fraction of sp³-hybridized carbons (Fsp3) is 0.133. The number of nitrogens with zero attached hydrogens (tertiary/aromatic N) is 1. The van der Waals surface area contributed by atoms with E-state index >= 15 is 0 Å². The molecule has 20 heavy (non-hydrogen) atoms. The second kappa shape index (κ2) is 5.42. The summed E-state index contributed by atoms with van der Waals surface area (Å²) in [6.07, 6.45) is 0. The summed E-state index contributed by atoms with van der Waals surface area (Å²) in [6.45, 7) is 2.64. The van der Waals surface area contributed by atoms with E-state index in [2.05, 4.69) is 20.9 Å². The molecule has 0 spiro atoms. The maximum Gasteiger partial charge on any atom is 0.126 e.